The number of benzene rings is 2. The number of aryl methyl sites for hydroxylation is 1. The van der Waals surface area contributed by atoms with Crippen LogP contribution in [0.4, 0.5) is 0 Å². The molecule has 1 N–H and O–H groups in total. The van der Waals surface area contributed by atoms with Gasteiger partial charge in [0.1, 0.15) is 0 Å². The second-order valence-electron chi connectivity index (χ2n) is 6.45. The Bertz CT molecular complexity index is 818. The van der Waals surface area contributed by atoms with Crippen molar-refractivity contribution in [2.75, 3.05) is 6.54 Å². The number of nitrogens with one attached hydrogen (secondary N) is 1. The average molecular weight is 375 g/mol. The average Bonchev–Trinajstić information content (AvgIpc) is 2.62. The van der Waals surface area contributed by atoms with Crippen LogP contribution in [0.15, 0.2) is 59.5 Å². The highest BCUT2D eigenvalue weighted by Gasteiger charge is 2.27. The number of hydrogen-bond acceptors (Lipinski definition) is 3. The van der Waals surface area contributed by atoms with Crippen molar-refractivity contribution in [2.24, 2.45) is 0 Å². The molecule has 6 heteroatoms. The summed E-state index contributed by atoms with van der Waals surface area (Å²) in [5, 5.41) is 2.83. The minimum Gasteiger partial charge on any atom is -0.353 e. The smallest absolute Gasteiger partial charge is 0.243 e. The Hall–Kier alpha value is -2.18. The van der Waals surface area contributed by atoms with Gasteiger partial charge < -0.3 is 5.32 Å². The lowest BCUT2D eigenvalue weighted by atomic mass is 10.2. The highest BCUT2D eigenvalue weighted by Crippen LogP contribution is 2.19. The minimum absolute atomic E-state index is 0.00292. The maximum absolute atomic E-state index is 13.1. The third-order valence-corrected chi connectivity index (χ3v) is 6.01. The molecule has 5 nitrogen and oxygen atoms in total. The molecule has 0 fully saturated rings. The number of amides is 1. The van der Waals surface area contributed by atoms with Gasteiger partial charge in [0.05, 0.1) is 11.4 Å². The van der Waals surface area contributed by atoms with Crippen molar-refractivity contribution in [3.8, 4) is 0 Å². The van der Waals surface area contributed by atoms with Gasteiger partial charge in [0.2, 0.25) is 15.9 Å². The summed E-state index contributed by atoms with van der Waals surface area (Å²) >= 11 is 0. The van der Waals surface area contributed by atoms with E-state index in [1.165, 1.54) is 4.31 Å². The summed E-state index contributed by atoms with van der Waals surface area (Å²) in [5.41, 5.74) is 1.81. The van der Waals surface area contributed by atoms with Gasteiger partial charge >= 0.3 is 0 Å². The summed E-state index contributed by atoms with van der Waals surface area (Å²) in [6, 6.07) is 16.0. The molecule has 1 amide bonds. The van der Waals surface area contributed by atoms with Crippen molar-refractivity contribution in [2.45, 2.75) is 44.7 Å². The molecule has 0 saturated heterocycles. The molecule has 0 aliphatic carbocycles. The molecule has 0 bridgehead atoms. The van der Waals surface area contributed by atoms with E-state index >= 15 is 0 Å². The molecule has 0 unspecified atom stereocenters. The molecule has 0 spiro atoms. The van der Waals surface area contributed by atoms with E-state index in [0.717, 1.165) is 17.5 Å². The Labute approximate surface area is 156 Å². The Morgan fingerprint density at radius 1 is 1.08 bits per heavy atom. The van der Waals surface area contributed by atoms with E-state index in [2.05, 4.69) is 5.32 Å². The number of nitrogens with zero attached hydrogens (tertiary/aromatic N) is 1. The van der Waals surface area contributed by atoms with E-state index in [0.29, 0.717) is 0 Å². The minimum atomic E-state index is -3.78. The number of sulfonamides is 1. The van der Waals surface area contributed by atoms with Gasteiger partial charge in [-0.05, 0) is 38.0 Å². The van der Waals surface area contributed by atoms with Gasteiger partial charge in [-0.1, -0.05) is 55.0 Å². The van der Waals surface area contributed by atoms with Gasteiger partial charge in [0.15, 0.2) is 0 Å². The second-order valence-corrected chi connectivity index (χ2v) is 8.39. The van der Waals surface area contributed by atoms with E-state index in [-0.39, 0.29) is 29.9 Å². The van der Waals surface area contributed by atoms with Gasteiger partial charge in [-0.2, -0.15) is 4.31 Å². The van der Waals surface area contributed by atoms with Crippen LogP contribution in [0.3, 0.4) is 0 Å². The molecule has 0 aliphatic heterocycles. The largest absolute Gasteiger partial charge is 0.353 e. The van der Waals surface area contributed by atoms with E-state index in [9.17, 15) is 13.2 Å². The Balaban J connectivity index is 2.29. The molecule has 0 radical (unpaired) electrons. The molecule has 1 atom stereocenters. The zero-order valence-electron chi connectivity index (χ0n) is 15.5. The highest BCUT2D eigenvalue weighted by atomic mass is 32.2. The molecule has 140 valence electrons. The van der Waals surface area contributed by atoms with Gasteiger partial charge in [0.25, 0.3) is 0 Å². The van der Waals surface area contributed by atoms with Crippen molar-refractivity contribution in [3.63, 3.8) is 0 Å². The van der Waals surface area contributed by atoms with Gasteiger partial charge in [0, 0.05) is 12.6 Å². The molecule has 0 aromatic heterocycles. The summed E-state index contributed by atoms with van der Waals surface area (Å²) in [4.78, 5) is 12.5. The maximum atomic E-state index is 13.1. The zero-order valence-corrected chi connectivity index (χ0v) is 16.3. The maximum Gasteiger partial charge on any atom is 0.243 e. The van der Waals surface area contributed by atoms with Crippen LogP contribution in [0, 0.1) is 6.92 Å². The van der Waals surface area contributed by atoms with Crippen LogP contribution in [0.25, 0.3) is 0 Å². The van der Waals surface area contributed by atoms with Crippen LogP contribution in [0.5, 0.6) is 0 Å². The second kappa shape index (κ2) is 8.96. The topological polar surface area (TPSA) is 66.5 Å². The summed E-state index contributed by atoms with van der Waals surface area (Å²) < 4.78 is 27.4. The first-order valence-electron chi connectivity index (χ1n) is 8.73. The lowest BCUT2D eigenvalue weighted by Crippen LogP contribution is -2.43. The van der Waals surface area contributed by atoms with E-state index in [1.54, 1.807) is 24.3 Å². The molecule has 2 aromatic rings. The fourth-order valence-electron chi connectivity index (χ4n) is 2.45. The molecule has 0 heterocycles. The molecule has 0 aliphatic rings. The first-order valence-corrected chi connectivity index (χ1v) is 10.2. The molecule has 0 saturated carbocycles. The number of carbonyl (C=O) groups excluding carboxylic acids is 1. The molecule has 2 rings (SSSR count). The lowest BCUT2D eigenvalue weighted by Gasteiger charge is -2.23. The number of rotatable bonds is 8. The molecule has 26 heavy (non-hydrogen) atoms. The SMILES string of the molecule is CC[C@@H](C)NC(=O)CN(Cc1ccccc1)S(=O)(=O)c1ccc(C)cc1. The normalized spacial score (nSPS) is 12.8. The van der Waals surface area contributed by atoms with E-state index in [1.807, 2.05) is 51.1 Å². The van der Waals surface area contributed by atoms with Crippen LogP contribution in [-0.2, 0) is 21.4 Å². The Morgan fingerprint density at radius 2 is 1.69 bits per heavy atom. The fourth-order valence-corrected chi connectivity index (χ4v) is 3.84. The van der Waals surface area contributed by atoms with Crippen LogP contribution in [0.2, 0.25) is 0 Å². The van der Waals surface area contributed by atoms with Crippen LogP contribution >= 0.6 is 0 Å². The monoisotopic (exact) mass is 374 g/mol. The standard InChI is InChI=1S/C20H26N2O3S/c1-4-17(3)21-20(23)15-22(14-18-8-6-5-7-9-18)26(24,25)19-12-10-16(2)11-13-19/h5-13,17H,4,14-15H2,1-3H3,(H,21,23)/t17-/m1/s1. The van der Waals surface area contributed by atoms with Crippen molar-refractivity contribution in [1.82, 2.24) is 9.62 Å². The third kappa shape index (κ3) is 5.41. The van der Waals surface area contributed by atoms with Crippen molar-refractivity contribution < 1.29 is 13.2 Å². The molecular weight excluding hydrogens is 348 g/mol. The van der Waals surface area contributed by atoms with Gasteiger partial charge in [-0.3, -0.25) is 4.79 Å². The van der Waals surface area contributed by atoms with Crippen molar-refractivity contribution in [1.29, 1.82) is 0 Å². The summed E-state index contributed by atoms with van der Waals surface area (Å²) in [7, 11) is -3.78. The predicted octanol–water partition coefficient (Wildman–Crippen LogP) is 3.10. The summed E-state index contributed by atoms with van der Waals surface area (Å²) in [6.45, 7) is 5.70. The quantitative estimate of drug-likeness (QED) is 0.772. The van der Waals surface area contributed by atoms with Crippen LogP contribution in [0.1, 0.15) is 31.4 Å². The first-order chi connectivity index (χ1) is 12.3. The zero-order chi connectivity index (χ0) is 19.2. The van der Waals surface area contributed by atoms with Crippen LogP contribution < -0.4 is 5.32 Å². The summed E-state index contributed by atoms with van der Waals surface area (Å²) in [5.74, 6) is -0.300. The van der Waals surface area contributed by atoms with E-state index < -0.39 is 10.0 Å². The fraction of sp³-hybridized carbons (Fsp3) is 0.350. The van der Waals surface area contributed by atoms with Gasteiger partial charge in [-0.15, -0.1) is 0 Å². The third-order valence-electron chi connectivity index (χ3n) is 4.20. The first kappa shape index (κ1) is 20.1. The lowest BCUT2D eigenvalue weighted by molar-refractivity contribution is -0.122. The highest BCUT2D eigenvalue weighted by molar-refractivity contribution is 7.89. The van der Waals surface area contributed by atoms with Crippen molar-refractivity contribution >= 4 is 15.9 Å². The Morgan fingerprint density at radius 3 is 2.27 bits per heavy atom. The number of carbonyl (C=O) groups is 1. The summed E-state index contributed by atoms with van der Waals surface area (Å²) in [6.07, 6.45) is 0.787. The predicted molar refractivity (Wildman–Crippen MR) is 103 cm³/mol. The molecular formula is C20H26N2O3S. The van der Waals surface area contributed by atoms with Crippen LogP contribution in [-0.4, -0.2) is 31.2 Å². The van der Waals surface area contributed by atoms with E-state index in [4.69, 9.17) is 0 Å². The van der Waals surface area contributed by atoms with Crippen molar-refractivity contribution in [3.05, 3.63) is 65.7 Å². The molecule has 2 aromatic carbocycles. The number of hydrogen-bond donors (Lipinski definition) is 1. The van der Waals surface area contributed by atoms with Gasteiger partial charge in [-0.25, -0.2) is 8.42 Å². The Kier molecular flexibility index (Phi) is 6.94.